The third kappa shape index (κ3) is 2.46. The molecule has 0 bridgehead atoms. The van der Waals surface area contributed by atoms with Gasteiger partial charge in [0, 0.05) is 12.2 Å². The molecule has 0 aliphatic carbocycles. The molecule has 0 spiro atoms. The molecule has 1 aromatic heterocycles. The van der Waals surface area contributed by atoms with E-state index in [1.807, 2.05) is 7.05 Å². The first kappa shape index (κ1) is 12.2. The molecule has 0 radical (unpaired) electrons. The van der Waals surface area contributed by atoms with Gasteiger partial charge in [-0.05, 0) is 37.9 Å². The number of benzene rings is 1. The normalized spacial score (nSPS) is 15.1. The van der Waals surface area contributed by atoms with Crippen LogP contribution in [0.5, 0.6) is 0 Å². The van der Waals surface area contributed by atoms with Crippen molar-refractivity contribution in [2.75, 3.05) is 18.5 Å². The highest BCUT2D eigenvalue weighted by atomic mass is 16.4. The van der Waals surface area contributed by atoms with Crippen molar-refractivity contribution in [3.8, 4) is 0 Å². The van der Waals surface area contributed by atoms with E-state index in [0.29, 0.717) is 18.5 Å². The molecule has 3 rings (SSSR count). The molecule has 1 aliphatic heterocycles. The topological polar surface area (TPSA) is 54.2 Å². The van der Waals surface area contributed by atoms with E-state index in [9.17, 15) is 0 Å². The molecule has 100 valence electrons. The van der Waals surface area contributed by atoms with Crippen LogP contribution in [0.1, 0.15) is 24.3 Å². The van der Waals surface area contributed by atoms with Crippen molar-refractivity contribution in [1.29, 1.82) is 0 Å². The van der Waals surface area contributed by atoms with Crippen molar-refractivity contribution in [1.82, 2.24) is 15.5 Å². The summed E-state index contributed by atoms with van der Waals surface area (Å²) in [6.45, 7) is 1.53. The lowest BCUT2D eigenvalue weighted by molar-refractivity contribution is 0.479. The summed E-state index contributed by atoms with van der Waals surface area (Å²) in [5, 5.41) is 11.2. The predicted molar refractivity (Wildman–Crippen MR) is 73.4 cm³/mol. The molecule has 0 amide bonds. The van der Waals surface area contributed by atoms with Crippen LogP contribution < -0.4 is 10.2 Å². The second-order valence-corrected chi connectivity index (χ2v) is 4.75. The van der Waals surface area contributed by atoms with Crippen molar-refractivity contribution in [2.24, 2.45) is 0 Å². The van der Waals surface area contributed by atoms with Gasteiger partial charge in [0.05, 0.1) is 6.54 Å². The van der Waals surface area contributed by atoms with Gasteiger partial charge in [-0.25, -0.2) is 0 Å². The first-order valence-electron chi connectivity index (χ1n) is 6.71. The molecule has 0 saturated carbocycles. The lowest BCUT2D eigenvalue weighted by Gasteiger charge is -2.19. The lowest BCUT2D eigenvalue weighted by Crippen LogP contribution is -2.18. The maximum atomic E-state index is 5.72. The van der Waals surface area contributed by atoms with Gasteiger partial charge < -0.3 is 9.73 Å². The number of aromatic nitrogens is 2. The van der Waals surface area contributed by atoms with Crippen LogP contribution in [-0.2, 0) is 13.0 Å². The van der Waals surface area contributed by atoms with Gasteiger partial charge in [-0.3, -0.25) is 4.90 Å². The third-order valence-electron chi connectivity index (χ3n) is 3.38. The fraction of sp³-hybridized carbons (Fsp3) is 0.429. The number of anilines is 2. The summed E-state index contributed by atoms with van der Waals surface area (Å²) < 4.78 is 5.72. The van der Waals surface area contributed by atoms with Crippen LogP contribution in [0.15, 0.2) is 28.7 Å². The molecule has 19 heavy (non-hydrogen) atoms. The molecular formula is C14H18N4O. The van der Waals surface area contributed by atoms with Crippen LogP contribution >= 0.6 is 0 Å². The number of hydrogen-bond donors (Lipinski definition) is 1. The second kappa shape index (κ2) is 5.40. The largest absolute Gasteiger partial charge is 0.406 e. The molecule has 0 atom stereocenters. The minimum atomic E-state index is 0.597. The van der Waals surface area contributed by atoms with Crippen LogP contribution in [-0.4, -0.2) is 23.8 Å². The predicted octanol–water partition coefficient (Wildman–Crippen LogP) is 2.26. The molecule has 0 fully saturated rings. The van der Waals surface area contributed by atoms with Crippen LogP contribution in [0.4, 0.5) is 11.7 Å². The van der Waals surface area contributed by atoms with Crippen LogP contribution in [0.25, 0.3) is 0 Å². The fourth-order valence-corrected chi connectivity index (χ4v) is 2.47. The van der Waals surface area contributed by atoms with E-state index in [0.717, 1.165) is 19.4 Å². The van der Waals surface area contributed by atoms with Gasteiger partial charge in [-0.15, -0.1) is 5.10 Å². The molecule has 0 unspecified atom stereocenters. The van der Waals surface area contributed by atoms with Crippen LogP contribution in [0.3, 0.4) is 0 Å². The molecule has 2 aromatic rings. The number of nitrogens with one attached hydrogen (secondary N) is 1. The number of nitrogens with zero attached hydrogens (tertiary/aromatic N) is 3. The first-order valence-corrected chi connectivity index (χ1v) is 6.71. The van der Waals surface area contributed by atoms with E-state index in [1.165, 1.54) is 17.7 Å². The van der Waals surface area contributed by atoms with E-state index in [1.54, 1.807) is 0 Å². The summed E-state index contributed by atoms with van der Waals surface area (Å²) in [7, 11) is 1.87. The van der Waals surface area contributed by atoms with E-state index >= 15 is 0 Å². The third-order valence-corrected chi connectivity index (χ3v) is 3.38. The number of rotatable bonds is 3. The Balaban J connectivity index is 1.94. The van der Waals surface area contributed by atoms with Gasteiger partial charge in [0.15, 0.2) is 0 Å². The number of hydrogen-bond acceptors (Lipinski definition) is 5. The lowest BCUT2D eigenvalue weighted by atomic mass is 10.1. The Hall–Kier alpha value is -1.88. The Morgan fingerprint density at radius 2 is 2.16 bits per heavy atom. The van der Waals surface area contributed by atoms with Gasteiger partial charge >= 0.3 is 6.01 Å². The molecule has 5 nitrogen and oxygen atoms in total. The summed E-state index contributed by atoms with van der Waals surface area (Å²) in [6.07, 6.45) is 3.45. The van der Waals surface area contributed by atoms with Crippen molar-refractivity contribution < 1.29 is 4.42 Å². The van der Waals surface area contributed by atoms with Gasteiger partial charge in [0.25, 0.3) is 0 Å². The van der Waals surface area contributed by atoms with E-state index in [4.69, 9.17) is 4.42 Å². The van der Waals surface area contributed by atoms with Gasteiger partial charge in [0.2, 0.25) is 5.89 Å². The Kier molecular flexibility index (Phi) is 3.46. The Morgan fingerprint density at radius 1 is 1.26 bits per heavy atom. The maximum Gasteiger partial charge on any atom is 0.322 e. The quantitative estimate of drug-likeness (QED) is 0.915. The Morgan fingerprint density at radius 3 is 3.05 bits per heavy atom. The standard InChI is InChI=1S/C14H18N4O/c1-15-10-13-16-17-14(19-13)18-9-5-4-7-11-6-2-3-8-12(11)18/h2-3,6,8,15H,4-5,7,9-10H2,1H3. The molecule has 5 heteroatoms. The number of aryl methyl sites for hydroxylation is 1. The molecule has 1 N–H and O–H groups in total. The summed E-state index contributed by atoms with van der Waals surface area (Å²) in [5.41, 5.74) is 2.55. The average molecular weight is 258 g/mol. The average Bonchev–Trinajstić information content (AvgIpc) is 2.78. The number of fused-ring (bicyclic) bond motifs is 1. The highest BCUT2D eigenvalue weighted by molar-refractivity contribution is 5.61. The Bertz CT molecular complexity index is 552. The second-order valence-electron chi connectivity index (χ2n) is 4.75. The van der Waals surface area contributed by atoms with Gasteiger partial charge in [-0.2, -0.15) is 0 Å². The van der Waals surface area contributed by atoms with E-state index < -0.39 is 0 Å². The number of para-hydroxylation sites is 1. The zero-order valence-corrected chi connectivity index (χ0v) is 11.1. The first-order chi connectivity index (χ1) is 9.38. The minimum absolute atomic E-state index is 0.597. The summed E-state index contributed by atoms with van der Waals surface area (Å²) in [6, 6.07) is 9.05. The van der Waals surface area contributed by atoms with Crippen molar-refractivity contribution in [3.05, 3.63) is 35.7 Å². The maximum absolute atomic E-state index is 5.72. The summed E-state index contributed by atoms with van der Waals surface area (Å²) >= 11 is 0. The van der Waals surface area contributed by atoms with Crippen LogP contribution in [0, 0.1) is 0 Å². The molecule has 1 aromatic carbocycles. The highest BCUT2D eigenvalue weighted by Crippen LogP contribution is 2.31. The summed E-state index contributed by atoms with van der Waals surface area (Å²) in [5.74, 6) is 0.624. The van der Waals surface area contributed by atoms with Gasteiger partial charge in [-0.1, -0.05) is 23.3 Å². The van der Waals surface area contributed by atoms with Crippen LogP contribution in [0.2, 0.25) is 0 Å². The van der Waals surface area contributed by atoms with E-state index in [-0.39, 0.29) is 0 Å². The van der Waals surface area contributed by atoms with Crippen molar-refractivity contribution in [2.45, 2.75) is 25.8 Å². The fourth-order valence-electron chi connectivity index (χ4n) is 2.47. The zero-order chi connectivity index (χ0) is 13.1. The summed E-state index contributed by atoms with van der Waals surface area (Å²) in [4.78, 5) is 2.13. The van der Waals surface area contributed by atoms with Gasteiger partial charge in [0.1, 0.15) is 0 Å². The monoisotopic (exact) mass is 258 g/mol. The highest BCUT2D eigenvalue weighted by Gasteiger charge is 2.20. The molecule has 0 saturated heterocycles. The Labute approximate surface area is 112 Å². The smallest absolute Gasteiger partial charge is 0.322 e. The minimum Gasteiger partial charge on any atom is -0.406 e. The SMILES string of the molecule is CNCc1nnc(N2CCCCc3ccccc32)o1. The van der Waals surface area contributed by atoms with E-state index in [2.05, 4.69) is 44.7 Å². The van der Waals surface area contributed by atoms with Crippen molar-refractivity contribution >= 4 is 11.7 Å². The zero-order valence-electron chi connectivity index (χ0n) is 11.1. The van der Waals surface area contributed by atoms with Crippen molar-refractivity contribution in [3.63, 3.8) is 0 Å². The molecular weight excluding hydrogens is 240 g/mol. The molecule has 1 aliphatic rings. The molecule has 2 heterocycles.